The summed E-state index contributed by atoms with van der Waals surface area (Å²) in [6.07, 6.45) is 2.13. The van der Waals surface area contributed by atoms with Crippen LogP contribution in [-0.2, 0) is 4.79 Å². The van der Waals surface area contributed by atoms with E-state index in [9.17, 15) is 9.90 Å². The van der Waals surface area contributed by atoms with Crippen molar-refractivity contribution in [2.24, 2.45) is 5.41 Å². The van der Waals surface area contributed by atoms with Crippen LogP contribution in [0.1, 0.15) is 38.7 Å². The highest BCUT2D eigenvalue weighted by molar-refractivity contribution is 5.81. The standard InChI is InChI=1S/C17H22N2O3/c1-12(22-14-6-3-5-13(9-14)10-18)16(21)19-15-7-4-8-17(15,2)11-20/h3,5-6,9,12,15,20H,4,7-8,11H2,1-2H3,(H,19,21). The van der Waals surface area contributed by atoms with Gasteiger partial charge >= 0.3 is 0 Å². The van der Waals surface area contributed by atoms with Crippen molar-refractivity contribution in [3.05, 3.63) is 29.8 Å². The normalized spacial score (nSPS) is 25.3. The van der Waals surface area contributed by atoms with Gasteiger partial charge in [0, 0.05) is 11.5 Å². The molecule has 1 aliphatic rings. The maximum atomic E-state index is 12.3. The van der Waals surface area contributed by atoms with E-state index < -0.39 is 6.10 Å². The molecule has 0 saturated heterocycles. The number of nitriles is 1. The Bertz CT molecular complexity index is 582. The second-order valence-electron chi connectivity index (χ2n) is 6.17. The van der Waals surface area contributed by atoms with Gasteiger partial charge in [0.15, 0.2) is 6.10 Å². The predicted octanol–water partition coefficient (Wildman–Crippen LogP) is 1.99. The van der Waals surface area contributed by atoms with Crippen LogP contribution in [0.4, 0.5) is 0 Å². The minimum absolute atomic E-state index is 0.0264. The molecule has 0 bridgehead atoms. The van der Waals surface area contributed by atoms with E-state index in [4.69, 9.17) is 10.00 Å². The van der Waals surface area contributed by atoms with Crippen molar-refractivity contribution in [1.82, 2.24) is 5.32 Å². The zero-order valence-electron chi connectivity index (χ0n) is 13.0. The fraction of sp³-hybridized carbons (Fsp3) is 0.529. The van der Waals surface area contributed by atoms with Crippen molar-refractivity contribution in [2.75, 3.05) is 6.61 Å². The molecule has 22 heavy (non-hydrogen) atoms. The highest BCUT2D eigenvalue weighted by atomic mass is 16.5. The number of hydrogen-bond donors (Lipinski definition) is 2. The molecular formula is C17H22N2O3. The first-order chi connectivity index (χ1) is 10.5. The average molecular weight is 302 g/mol. The molecule has 3 unspecified atom stereocenters. The Morgan fingerprint density at radius 2 is 2.41 bits per heavy atom. The van der Waals surface area contributed by atoms with Gasteiger partial charge in [0.2, 0.25) is 0 Å². The Balaban J connectivity index is 1.96. The van der Waals surface area contributed by atoms with Crippen molar-refractivity contribution in [1.29, 1.82) is 5.26 Å². The third kappa shape index (κ3) is 3.58. The second kappa shape index (κ2) is 6.80. The highest BCUT2D eigenvalue weighted by Crippen LogP contribution is 2.37. The van der Waals surface area contributed by atoms with Crippen molar-refractivity contribution in [3.63, 3.8) is 0 Å². The number of aliphatic hydroxyl groups excluding tert-OH is 1. The summed E-state index contributed by atoms with van der Waals surface area (Å²) in [5, 5.41) is 21.4. The molecule has 0 heterocycles. The lowest BCUT2D eigenvalue weighted by Crippen LogP contribution is -2.48. The van der Waals surface area contributed by atoms with E-state index in [1.54, 1.807) is 31.2 Å². The zero-order valence-corrected chi connectivity index (χ0v) is 13.0. The van der Waals surface area contributed by atoms with Crippen LogP contribution in [-0.4, -0.2) is 29.8 Å². The summed E-state index contributed by atoms with van der Waals surface area (Å²) in [5.74, 6) is 0.298. The van der Waals surface area contributed by atoms with Gasteiger partial charge < -0.3 is 15.2 Å². The smallest absolute Gasteiger partial charge is 0.261 e. The molecule has 1 aromatic carbocycles. The van der Waals surface area contributed by atoms with Crippen molar-refractivity contribution in [2.45, 2.75) is 45.3 Å². The maximum absolute atomic E-state index is 12.3. The molecule has 3 atom stereocenters. The first-order valence-corrected chi connectivity index (χ1v) is 7.56. The van der Waals surface area contributed by atoms with E-state index in [0.29, 0.717) is 11.3 Å². The summed E-state index contributed by atoms with van der Waals surface area (Å²) in [4.78, 5) is 12.3. The fourth-order valence-electron chi connectivity index (χ4n) is 2.85. The quantitative estimate of drug-likeness (QED) is 0.871. The van der Waals surface area contributed by atoms with Crippen LogP contribution in [0.25, 0.3) is 0 Å². The van der Waals surface area contributed by atoms with Crippen molar-refractivity contribution < 1.29 is 14.6 Å². The highest BCUT2D eigenvalue weighted by Gasteiger charge is 2.39. The summed E-state index contributed by atoms with van der Waals surface area (Å²) in [5.41, 5.74) is 0.240. The number of hydrogen-bond acceptors (Lipinski definition) is 4. The molecule has 5 nitrogen and oxygen atoms in total. The minimum atomic E-state index is -0.655. The molecule has 2 N–H and O–H groups in total. The van der Waals surface area contributed by atoms with Gasteiger partial charge in [-0.05, 0) is 38.0 Å². The van der Waals surface area contributed by atoms with Crippen LogP contribution in [0.2, 0.25) is 0 Å². The molecule has 5 heteroatoms. The minimum Gasteiger partial charge on any atom is -0.481 e. The number of carbonyl (C=O) groups is 1. The number of nitrogens with one attached hydrogen (secondary N) is 1. The topological polar surface area (TPSA) is 82.3 Å². The van der Waals surface area contributed by atoms with Gasteiger partial charge in [0.05, 0.1) is 18.2 Å². The molecule has 2 rings (SSSR count). The number of amides is 1. The average Bonchev–Trinajstić information content (AvgIpc) is 2.89. The summed E-state index contributed by atoms with van der Waals surface area (Å²) >= 11 is 0. The lowest BCUT2D eigenvalue weighted by atomic mass is 9.85. The van der Waals surface area contributed by atoms with Gasteiger partial charge in [0.1, 0.15) is 5.75 Å². The number of benzene rings is 1. The monoisotopic (exact) mass is 302 g/mol. The van der Waals surface area contributed by atoms with E-state index in [1.807, 2.05) is 13.0 Å². The second-order valence-corrected chi connectivity index (χ2v) is 6.17. The summed E-state index contributed by atoms with van der Waals surface area (Å²) in [7, 11) is 0. The van der Waals surface area contributed by atoms with Gasteiger partial charge in [-0.1, -0.05) is 19.4 Å². The Kier molecular flexibility index (Phi) is 5.04. The Labute approximate surface area is 130 Å². The molecule has 1 aromatic rings. The number of aliphatic hydroxyl groups is 1. The summed E-state index contributed by atoms with van der Waals surface area (Å²) in [6, 6.07) is 8.74. The summed E-state index contributed by atoms with van der Waals surface area (Å²) in [6.45, 7) is 3.74. The molecule has 0 aromatic heterocycles. The van der Waals surface area contributed by atoms with Crippen LogP contribution >= 0.6 is 0 Å². The molecule has 0 aliphatic heterocycles. The molecule has 0 spiro atoms. The molecular weight excluding hydrogens is 280 g/mol. The van der Waals surface area contributed by atoms with E-state index in [-0.39, 0.29) is 24.0 Å². The van der Waals surface area contributed by atoms with Crippen molar-refractivity contribution in [3.8, 4) is 11.8 Å². The SMILES string of the molecule is CC(Oc1cccc(C#N)c1)C(=O)NC1CCCC1(C)CO. The van der Waals surface area contributed by atoms with E-state index in [0.717, 1.165) is 19.3 Å². The van der Waals surface area contributed by atoms with Crippen LogP contribution in [0.15, 0.2) is 24.3 Å². The Morgan fingerprint density at radius 1 is 1.64 bits per heavy atom. The predicted molar refractivity (Wildman–Crippen MR) is 82.2 cm³/mol. The van der Waals surface area contributed by atoms with Gasteiger partial charge in [-0.3, -0.25) is 4.79 Å². The first-order valence-electron chi connectivity index (χ1n) is 7.56. The van der Waals surface area contributed by atoms with Gasteiger partial charge in [-0.2, -0.15) is 5.26 Å². The van der Waals surface area contributed by atoms with Crippen LogP contribution in [0, 0.1) is 16.7 Å². The van der Waals surface area contributed by atoms with Crippen LogP contribution in [0.3, 0.4) is 0 Å². The zero-order chi connectivity index (χ0) is 16.2. The van der Waals surface area contributed by atoms with E-state index in [2.05, 4.69) is 5.32 Å². The largest absolute Gasteiger partial charge is 0.481 e. The number of rotatable bonds is 5. The van der Waals surface area contributed by atoms with Gasteiger partial charge in [0.25, 0.3) is 5.91 Å². The third-order valence-electron chi connectivity index (χ3n) is 4.40. The Morgan fingerprint density at radius 3 is 3.09 bits per heavy atom. The number of nitrogens with zero attached hydrogens (tertiary/aromatic N) is 1. The third-order valence-corrected chi connectivity index (χ3v) is 4.40. The van der Waals surface area contributed by atoms with Crippen LogP contribution < -0.4 is 10.1 Å². The number of ether oxygens (including phenoxy) is 1. The first kappa shape index (κ1) is 16.3. The molecule has 0 radical (unpaired) electrons. The lowest BCUT2D eigenvalue weighted by Gasteiger charge is -2.31. The summed E-state index contributed by atoms with van der Waals surface area (Å²) < 4.78 is 5.61. The van der Waals surface area contributed by atoms with Gasteiger partial charge in [-0.15, -0.1) is 0 Å². The molecule has 1 saturated carbocycles. The molecule has 118 valence electrons. The van der Waals surface area contributed by atoms with E-state index in [1.165, 1.54) is 0 Å². The molecule has 1 aliphatic carbocycles. The van der Waals surface area contributed by atoms with E-state index >= 15 is 0 Å². The number of carbonyl (C=O) groups excluding carboxylic acids is 1. The maximum Gasteiger partial charge on any atom is 0.261 e. The fourth-order valence-corrected chi connectivity index (χ4v) is 2.85. The van der Waals surface area contributed by atoms with Gasteiger partial charge in [-0.25, -0.2) is 0 Å². The lowest BCUT2D eigenvalue weighted by molar-refractivity contribution is -0.128. The molecule has 1 fully saturated rings. The Hall–Kier alpha value is -2.06. The molecule has 1 amide bonds. The van der Waals surface area contributed by atoms with Crippen molar-refractivity contribution >= 4 is 5.91 Å². The van der Waals surface area contributed by atoms with Crippen LogP contribution in [0.5, 0.6) is 5.75 Å².